The van der Waals surface area contributed by atoms with Crippen molar-refractivity contribution in [1.29, 1.82) is 0 Å². The summed E-state index contributed by atoms with van der Waals surface area (Å²) in [5.41, 5.74) is 0. The molecule has 0 bridgehead atoms. The van der Waals surface area contributed by atoms with E-state index >= 15 is 0 Å². The lowest BCUT2D eigenvalue weighted by molar-refractivity contribution is -0.167. The molecule has 0 heterocycles. The van der Waals surface area contributed by atoms with Gasteiger partial charge in [0.25, 0.3) is 0 Å². The third-order valence-electron chi connectivity index (χ3n) is 14.0. The highest BCUT2D eigenvalue weighted by molar-refractivity contribution is 5.71. The maximum atomic E-state index is 12.9. The molecule has 0 N–H and O–H groups in total. The maximum Gasteiger partial charge on any atom is 0.306 e. The average Bonchev–Trinajstić information content (AvgIpc) is 3.30. The van der Waals surface area contributed by atoms with Crippen molar-refractivity contribution in [2.75, 3.05) is 13.2 Å². The first kappa shape index (κ1) is 65.4. The summed E-state index contributed by atoms with van der Waals surface area (Å²) in [6.45, 7) is 11.4. The van der Waals surface area contributed by atoms with Crippen LogP contribution in [-0.2, 0) is 28.6 Å². The Morgan fingerprint density at radius 3 is 0.731 bits per heavy atom. The summed E-state index contributed by atoms with van der Waals surface area (Å²) in [5.74, 6) is 0.818. The van der Waals surface area contributed by atoms with Gasteiger partial charge in [0.05, 0.1) is 0 Å². The van der Waals surface area contributed by atoms with Gasteiger partial charge in [-0.15, -0.1) is 0 Å². The molecule has 0 amide bonds. The number of ether oxygens (including phenoxy) is 3. The van der Waals surface area contributed by atoms with Crippen molar-refractivity contribution < 1.29 is 28.6 Å². The highest BCUT2D eigenvalue weighted by Crippen LogP contribution is 2.18. The number of carbonyl (C=O) groups excluding carboxylic acids is 3. The Bertz CT molecular complexity index is 1020. The summed E-state index contributed by atoms with van der Waals surface area (Å²) in [7, 11) is 0. The number of carbonyl (C=O) groups is 3. The predicted octanol–water partition coefficient (Wildman–Crippen LogP) is 20.0. The molecule has 0 saturated carbocycles. The topological polar surface area (TPSA) is 78.9 Å². The summed E-state index contributed by atoms with van der Waals surface area (Å²) in [5, 5.41) is 0. The number of esters is 3. The van der Waals surface area contributed by atoms with Crippen LogP contribution in [0.15, 0.2) is 0 Å². The quantitative estimate of drug-likeness (QED) is 0.0343. The third-order valence-corrected chi connectivity index (χ3v) is 14.0. The molecule has 0 aromatic rings. The van der Waals surface area contributed by atoms with Crippen molar-refractivity contribution in [1.82, 2.24) is 0 Å². The lowest BCUT2D eigenvalue weighted by atomic mass is 10.0. The summed E-state index contributed by atoms with van der Waals surface area (Å²) in [6, 6.07) is 0. The summed E-state index contributed by atoms with van der Waals surface area (Å²) in [6.07, 6.45) is 58.2. The van der Waals surface area contributed by atoms with Crippen molar-refractivity contribution in [3.63, 3.8) is 0 Å². The van der Waals surface area contributed by atoms with Crippen molar-refractivity contribution >= 4 is 17.9 Å². The molecule has 0 unspecified atom stereocenters. The molecular formula is C61H118O6. The van der Waals surface area contributed by atoms with E-state index in [0.29, 0.717) is 19.3 Å². The fraction of sp³-hybridized carbons (Fsp3) is 0.951. The minimum absolute atomic E-state index is 0.0626. The number of hydrogen-bond acceptors (Lipinski definition) is 6. The summed E-state index contributed by atoms with van der Waals surface area (Å²) < 4.78 is 16.9. The molecular weight excluding hydrogens is 829 g/mol. The summed E-state index contributed by atoms with van der Waals surface area (Å²) in [4.78, 5) is 38.2. The van der Waals surface area contributed by atoms with Crippen LogP contribution < -0.4 is 0 Å². The van der Waals surface area contributed by atoms with Gasteiger partial charge in [-0.25, -0.2) is 0 Å². The normalized spacial score (nSPS) is 12.0. The summed E-state index contributed by atoms with van der Waals surface area (Å²) >= 11 is 0. The lowest BCUT2D eigenvalue weighted by Gasteiger charge is -2.18. The Kier molecular flexibility index (Phi) is 52.5. The molecule has 0 saturated heterocycles. The van der Waals surface area contributed by atoms with Gasteiger partial charge >= 0.3 is 17.9 Å². The van der Waals surface area contributed by atoms with E-state index in [2.05, 4.69) is 34.6 Å². The van der Waals surface area contributed by atoms with Crippen molar-refractivity contribution in [2.45, 2.75) is 349 Å². The number of rotatable bonds is 55. The van der Waals surface area contributed by atoms with Crippen LogP contribution >= 0.6 is 0 Å². The minimum Gasteiger partial charge on any atom is -0.462 e. The van der Waals surface area contributed by atoms with Gasteiger partial charge in [0.15, 0.2) is 6.10 Å². The SMILES string of the molecule is CCCCCCCCCCCCCCCCCCCCCC(=O)OC[C@@H](COC(=O)CCCCCCCCCCCC(C)C)OC(=O)CCCCCCCCCCCCCCCCCC(C)C. The smallest absolute Gasteiger partial charge is 0.306 e. The molecule has 0 aliphatic rings. The number of hydrogen-bond donors (Lipinski definition) is 0. The van der Waals surface area contributed by atoms with Crippen LogP contribution in [0.1, 0.15) is 343 Å². The molecule has 1 atom stereocenters. The van der Waals surface area contributed by atoms with E-state index in [4.69, 9.17) is 14.2 Å². The van der Waals surface area contributed by atoms with Gasteiger partial charge in [0, 0.05) is 19.3 Å². The monoisotopic (exact) mass is 947 g/mol. The van der Waals surface area contributed by atoms with E-state index in [1.165, 1.54) is 231 Å². The van der Waals surface area contributed by atoms with Gasteiger partial charge < -0.3 is 14.2 Å². The highest BCUT2D eigenvalue weighted by atomic mass is 16.6. The fourth-order valence-electron chi connectivity index (χ4n) is 9.40. The maximum absolute atomic E-state index is 12.9. The highest BCUT2D eigenvalue weighted by Gasteiger charge is 2.19. The average molecular weight is 948 g/mol. The van der Waals surface area contributed by atoms with E-state index in [9.17, 15) is 14.4 Å². The second kappa shape index (κ2) is 53.8. The molecule has 0 rings (SSSR count). The number of unbranched alkanes of at least 4 members (excludes halogenated alkanes) is 40. The lowest BCUT2D eigenvalue weighted by Crippen LogP contribution is -2.30. The van der Waals surface area contributed by atoms with Gasteiger partial charge in [0.2, 0.25) is 0 Å². The molecule has 6 nitrogen and oxygen atoms in total. The van der Waals surface area contributed by atoms with Gasteiger partial charge in [-0.05, 0) is 31.1 Å². The molecule has 0 aromatic carbocycles. The van der Waals surface area contributed by atoms with E-state index in [-0.39, 0.29) is 31.1 Å². The largest absolute Gasteiger partial charge is 0.462 e. The standard InChI is InChI=1S/C61H118O6/c1-6-7-8-9-10-11-12-13-14-15-16-17-20-23-26-31-36-41-46-51-59(62)65-54-58(55-66-60(63)52-47-42-37-33-28-30-35-40-45-50-57(4)5)67-61(64)53-48-43-38-32-27-24-21-18-19-22-25-29-34-39-44-49-56(2)3/h56-58H,6-55H2,1-5H3/t58-/m0/s1. The first-order valence-corrected chi connectivity index (χ1v) is 30.2. The van der Waals surface area contributed by atoms with Gasteiger partial charge in [-0.1, -0.05) is 304 Å². The molecule has 67 heavy (non-hydrogen) atoms. The molecule has 0 radical (unpaired) electrons. The second-order valence-electron chi connectivity index (χ2n) is 21.9. The van der Waals surface area contributed by atoms with Crippen LogP contribution in [0.4, 0.5) is 0 Å². The molecule has 0 aliphatic carbocycles. The van der Waals surface area contributed by atoms with E-state index < -0.39 is 6.10 Å². The molecule has 6 heteroatoms. The Balaban J connectivity index is 4.26. The second-order valence-corrected chi connectivity index (χ2v) is 21.9. The molecule has 0 fully saturated rings. The van der Waals surface area contributed by atoms with Gasteiger partial charge in [0.1, 0.15) is 13.2 Å². The first-order valence-electron chi connectivity index (χ1n) is 30.2. The Morgan fingerprint density at radius 1 is 0.284 bits per heavy atom. The van der Waals surface area contributed by atoms with Crippen LogP contribution in [0.3, 0.4) is 0 Å². The molecule has 0 aliphatic heterocycles. The van der Waals surface area contributed by atoms with Crippen molar-refractivity contribution in [2.24, 2.45) is 11.8 Å². The van der Waals surface area contributed by atoms with Gasteiger partial charge in [-0.2, -0.15) is 0 Å². The van der Waals surface area contributed by atoms with Crippen LogP contribution in [-0.4, -0.2) is 37.2 Å². The Labute approximate surface area is 418 Å². The van der Waals surface area contributed by atoms with Crippen LogP contribution in [0.25, 0.3) is 0 Å². The Hall–Kier alpha value is -1.59. The van der Waals surface area contributed by atoms with Crippen molar-refractivity contribution in [3.05, 3.63) is 0 Å². The zero-order chi connectivity index (χ0) is 48.9. The van der Waals surface area contributed by atoms with E-state index in [1.807, 2.05) is 0 Å². The van der Waals surface area contributed by atoms with Crippen LogP contribution in [0.5, 0.6) is 0 Å². The molecule has 0 spiro atoms. The van der Waals surface area contributed by atoms with Crippen molar-refractivity contribution in [3.8, 4) is 0 Å². The molecule has 0 aromatic heterocycles. The zero-order valence-electron chi connectivity index (χ0n) is 46.0. The van der Waals surface area contributed by atoms with E-state index in [1.54, 1.807) is 0 Å². The third kappa shape index (κ3) is 55.2. The Morgan fingerprint density at radius 2 is 0.493 bits per heavy atom. The fourth-order valence-corrected chi connectivity index (χ4v) is 9.40. The van der Waals surface area contributed by atoms with E-state index in [0.717, 1.165) is 69.6 Å². The molecule has 398 valence electrons. The minimum atomic E-state index is -0.763. The van der Waals surface area contributed by atoms with Crippen LogP contribution in [0.2, 0.25) is 0 Å². The van der Waals surface area contributed by atoms with Gasteiger partial charge in [-0.3, -0.25) is 14.4 Å². The van der Waals surface area contributed by atoms with Crippen LogP contribution in [0, 0.1) is 11.8 Å². The zero-order valence-corrected chi connectivity index (χ0v) is 46.0. The first-order chi connectivity index (χ1) is 32.7. The predicted molar refractivity (Wildman–Crippen MR) is 289 cm³/mol.